The minimum atomic E-state index is -0.915. The van der Waals surface area contributed by atoms with Crippen molar-refractivity contribution in [1.82, 2.24) is 4.98 Å². The van der Waals surface area contributed by atoms with Gasteiger partial charge < -0.3 is 14.8 Å². The summed E-state index contributed by atoms with van der Waals surface area (Å²) in [5.41, 5.74) is 0.950. The van der Waals surface area contributed by atoms with Crippen LogP contribution in [-0.2, 0) is 9.53 Å². The van der Waals surface area contributed by atoms with Gasteiger partial charge in [-0.2, -0.15) is 0 Å². The number of esters is 1. The van der Waals surface area contributed by atoms with E-state index in [4.69, 9.17) is 9.47 Å². The number of rotatable bonds is 6. The molecule has 0 spiro atoms. The first kappa shape index (κ1) is 16.5. The van der Waals surface area contributed by atoms with E-state index >= 15 is 0 Å². The Morgan fingerprint density at radius 1 is 1.13 bits per heavy atom. The van der Waals surface area contributed by atoms with Crippen LogP contribution in [-0.4, -0.2) is 29.6 Å². The van der Waals surface area contributed by atoms with Gasteiger partial charge in [0.2, 0.25) is 0 Å². The molecule has 0 saturated heterocycles. The summed E-state index contributed by atoms with van der Waals surface area (Å²) in [6.07, 6.45) is 2.06. The Morgan fingerprint density at radius 3 is 2.39 bits per heavy atom. The number of benzene rings is 1. The number of carbonyl (C=O) groups is 2. The lowest BCUT2D eigenvalue weighted by atomic mass is 10.2. The Hall–Kier alpha value is -2.89. The van der Waals surface area contributed by atoms with Crippen LogP contribution in [0.1, 0.15) is 24.2 Å². The van der Waals surface area contributed by atoms with E-state index in [1.165, 1.54) is 31.5 Å². The van der Waals surface area contributed by atoms with Crippen molar-refractivity contribution in [2.75, 3.05) is 11.9 Å². The summed E-state index contributed by atoms with van der Waals surface area (Å²) in [5, 5.41) is 2.68. The number of anilines is 1. The Bertz CT molecular complexity index is 656. The molecular weight excluding hydrogens is 296 g/mol. The number of carbonyl (C=O) groups excluding carboxylic acids is 2. The fraction of sp³-hybridized carbons (Fsp3) is 0.235. The second-order valence-corrected chi connectivity index (χ2v) is 4.73. The molecule has 0 bridgehead atoms. The molecule has 1 amide bonds. The van der Waals surface area contributed by atoms with Crippen LogP contribution in [0.3, 0.4) is 0 Å². The molecular formula is C17H18N2O4. The summed E-state index contributed by atoms with van der Waals surface area (Å²) < 4.78 is 10.5. The van der Waals surface area contributed by atoms with Crippen LogP contribution in [0.4, 0.5) is 5.69 Å². The first-order chi connectivity index (χ1) is 11.1. The van der Waals surface area contributed by atoms with E-state index in [1.807, 2.05) is 6.92 Å². The Morgan fingerprint density at radius 2 is 1.78 bits per heavy atom. The quantitative estimate of drug-likeness (QED) is 0.829. The molecule has 1 heterocycles. The summed E-state index contributed by atoms with van der Waals surface area (Å²) in [7, 11) is 0. The van der Waals surface area contributed by atoms with Crippen molar-refractivity contribution in [2.45, 2.75) is 20.0 Å². The highest BCUT2D eigenvalue weighted by atomic mass is 16.5. The molecule has 0 fully saturated rings. The second-order valence-electron chi connectivity index (χ2n) is 4.73. The lowest BCUT2D eigenvalue weighted by Gasteiger charge is -2.13. The van der Waals surface area contributed by atoms with Gasteiger partial charge in [-0.05, 0) is 50.2 Å². The van der Waals surface area contributed by atoms with E-state index in [9.17, 15) is 9.59 Å². The van der Waals surface area contributed by atoms with Crippen LogP contribution >= 0.6 is 0 Å². The van der Waals surface area contributed by atoms with Gasteiger partial charge in [0, 0.05) is 18.1 Å². The minimum Gasteiger partial charge on any atom is -0.494 e. The lowest BCUT2D eigenvalue weighted by molar-refractivity contribution is -0.123. The van der Waals surface area contributed by atoms with Crippen LogP contribution in [0, 0.1) is 0 Å². The average Bonchev–Trinajstić information content (AvgIpc) is 2.57. The van der Waals surface area contributed by atoms with Crippen molar-refractivity contribution in [1.29, 1.82) is 0 Å². The zero-order chi connectivity index (χ0) is 16.7. The number of pyridine rings is 1. The fourth-order valence-electron chi connectivity index (χ4n) is 1.82. The predicted molar refractivity (Wildman–Crippen MR) is 85.4 cm³/mol. The van der Waals surface area contributed by atoms with Crippen molar-refractivity contribution in [3.05, 3.63) is 54.4 Å². The Kier molecular flexibility index (Phi) is 5.68. The fourth-order valence-corrected chi connectivity index (χ4v) is 1.82. The highest BCUT2D eigenvalue weighted by Crippen LogP contribution is 2.16. The lowest BCUT2D eigenvalue weighted by Crippen LogP contribution is -2.30. The molecule has 0 aliphatic rings. The molecule has 23 heavy (non-hydrogen) atoms. The molecule has 2 rings (SSSR count). The SMILES string of the molecule is CCOc1ccc(NC(=O)C(C)OC(=O)c2ccncc2)cc1. The van der Waals surface area contributed by atoms with Crippen molar-refractivity contribution in [2.24, 2.45) is 0 Å². The summed E-state index contributed by atoms with van der Waals surface area (Å²) in [4.78, 5) is 27.8. The molecule has 6 nitrogen and oxygen atoms in total. The van der Waals surface area contributed by atoms with Gasteiger partial charge in [0.05, 0.1) is 12.2 Å². The van der Waals surface area contributed by atoms with E-state index in [2.05, 4.69) is 10.3 Å². The second kappa shape index (κ2) is 7.93. The first-order valence-electron chi connectivity index (χ1n) is 7.25. The van der Waals surface area contributed by atoms with Gasteiger partial charge in [-0.25, -0.2) is 4.79 Å². The summed E-state index contributed by atoms with van der Waals surface area (Å²) in [6.45, 7) is 3.99. The van der Waals surface area contributed by atoms with E-state index in [1.54, 1.807) is 24.3 Å². The Balaban J connectivity index is 1.90. The van der Waals surface area contributed by atoms with Crippen LogP contribution in [0.25, 0.3) is 0 Å². The third-order valence-electron chi connectivity index (χ3n) is 3.00. The smallest absolute Gasteiger partial charge is 0.339 e. The van der Waals surface area contributed by atoms with Crippen molar-refractivity contribution in [3.8, 4) is 5.75 Å². The summed E-state index contributed by atoms with van der Waals surface area (Å²) in [5.74, 6) is -0.249. The van der Waals surface area contributed by atoms with Crippen LogP contribution in [0.2, 0.25) is 0 Å². The molecule has 1 atom stereocenters. The van der Waals surface area contributed by atoms with Gasteiger partial charge in [-0.3, -0.25) is 9.78 Å². The van der Waals surface area contributed by atoms with Crippen LogP contribution < -0.4 is 10.1 Å². The van der Waals surface area contributed by atoms with Crippen molar-refractivity contribution >= 4 is 17.6 Å². The standard InChI is InChI=1S/C17H18N2O4/c1-3-22-15-6-4-14(5-7-15)19-16(20)12(2)23-17(21)13-8-10-18-11-9-13/h4-12H,3H2,1-2H3,(H,19,20). The average molecular weight is 314 g/mol. The normalized spacial score (nSPS) is 11.4. The van der Waals surface area contributed by atoms with E-state index in [0.29, 0.717) is 17.9 Å². The first-order valence-corrected chi connectivity index (χ1v) is 7.25. The summed E-state index contributed by atoms with van der Waals surface area (Å²) >= 11 is 0. The monoisotopic (exact) mass is 314 g/mol. The number of nitrogens with one attached hydrogen (secondary N) is 1. The minimum absolute atomic E-state index is 0.348. The van der Waals surface area contributed by atoms with E-state index in [0.717, 1.165) is 5.75 Å². The number of hydrogen-bond donors (Lipinski definition) is 1. The summed E-state index contributed by atoms with van der Waals surface area (Å²) in [6, 6.07) is 10.0. The molecule has 120 valence electrons. The van der Waals surface area contributed by atoms with E-state index < -0.39 is 18.0 Å². The zero-order valence-corrected chi connectivity index (χ0v) is 13.0. The van der Waals surface area contributed by atoms with Gasteiger partial charge in [0.25, 0.3) is 5.91 Å². The molecule has 1 N–H and O–H groups in total. The maximum Gasteiger partial charge on any atom is 0.339 e. The highest BCUT2D eigenvalue weighted by Gasteiger charge is 2.18. The van der Waals surface area contributed by atoms with Gasteiger partial charge >= 0.3 is 5.97 Å². The van der Waals surface area contributed by atoms with Gasteiger partial charge in [0.15, 0.2) is 6.10 Å². The Labute approximate surface area is 134 Å². The molecule has 1 aromatic carbocycles. The van der Waals surface area contributed by atoms with Crippen molar-refractivity contribution < 1.29 is 19.1 Å². The molecule has 0 aliphatic heterocycles. The van der Waals surface area contributed by atoms with E-state index in [-0.39, 0.29) is 0 Å². The third kappa shape index (κ3) is 4.81. The molecule has 1 unspecified atom stereocenters. The molecule has 2 aromatic rings. The number of aromatic nitrogens is 1. The number of nitrogens with zero attached hydrogens (tertiary/aromatic N) is 1. The molecule has 0 aliphatic carbocycles. The largest absolute Gasteiger partial charge is 0.494 e. The van der Waals surface area contributed by atoms with Gasteiger partial charge in [-0.1, -0.05) is 0 Å². The number of ether oxygens (including phenoxy) is 2. The third-order valence-corrected chi connectivity index (χ3v) is 3.00. The maximum absolute atomic E-state index is 12.1. The number of amides is 1. The van der Waals surface area contributed by atoms with Crippen LogP contribution in [0.5, 0.6) is 5.75 Å². The molecule has 0 saturated carbocycles. The maximum atomic E-state index is 12.1. The topological polar surface area (TPSA) is 77.5 Å². The predicted octanol–water partition coefficient (Wildman–Crippen LogP) is 2.66. The van der Waals surface area contributed by atoms with Crippen molar-refractivity contribution in [3.63, 3.8) is 0 Å². The molecule has 0 radical (unpaired) electrons. The molecule has 1 aromatic heterocycles. The van der Waals surface area contributed by atoms with Gasteiger partial charge in [-0.15, -0.1) is 0 Å². The zero-order valence-electron chi connectivity index (χ0n) is 13.0. The number of hydrogen-bond acceptors (Lipinski definition) is 5. The van der Waals surface area contributed by atoms with Crippen LogP contribution in [0.15, 0.2) is 48.8 Å². The highest BCUT2D eigenvalue weighted by molar-refractivity contribution is 5.97. The van der Waals surface area contributed by atoms with Gasteiger partial charge in [0.1, 0.15) is 5.75 Å². The molecule has 6 heteroatoms.